The summed E-state index contributed by atoms with van der Waals surface area (Å²) >= 11 is 1.54. The molecular weight excluding hydrogens is 362 g/mol. The van der Waals surface area contributed by atoms with E-state index in [1.807, 2.05) is 0 Å². The van der Waals surface area contributed by atoms with Gasteiger partial charge < -0.3 is 5.11 Å². The van der Waals surface area contributed by atoms with Crippen LogP contribution in [0.2, 0.25) is 0 Å². The first kappa shape index (κ1) is 19.1. The van der Waals surface area contributed by atoms with Crippen molar-refractivity contribution in [1.29, 1.82) is 5.26 Å². The number of aromatic hydroxyl groups is 1. The number of fused-ring (bicyclic) bond motifs is 1. The van der Waals surface area contributed by atoms with E-state index in [-0.39, 0.29) is 16.9 Å². The lowest BCUT2D eigenvalue weighted by Crippen LogP contribution is -2.26. The highest BCUT2D eigenvalue weighted by Crippen LogP contribution is 2.44. The molecular formula is C20H21N3O3S. The van der Waals surface area contributed by atoms with E-state index < -0.39 is 4.92 Å². The van der Waals surface area contributed by atoms with Crippen LogP contribution in [0.5, 0.6) is 5.75 Å². The van der Waals surface area contributed by atoms with Crippen molar-refractivity contribution in [2.75, 3.05) is 0 Å². The van der Waals surface area contributed by atoms with E-state index in [0.29, 0.717) is 22.0 Å². The molecule has 0 aliphatic heterocycles. The molecule has 0 radical (unpaired) electrons. The Morgan fingerprint density at radius 1 is 1.44 bits per heavy atom. The fourth-order valence-electron chi connectivity index (χ4n) is 3.42. The number of phenols is 1. The predicted molar refractivity (Wildman–Crippen MR) is 106 cm³/mol. The quantitative estimate of drug-likeness (QED) is 0.451. The van der Waals surface area contributed by atoms with Gasteiger partial charge in [0.25, 0.3) is 0 Å². The number of nitriles is 1. The number of hydrogen-bond acceptors (Lipinski definition) is 6. The lowest BCUT2D eigenvalue weighted by molar-refractivity contribution is -0.385. The molecule has 0 amide bonds. The Morgan fingerprint density at radius 2 is 2.19 bits per heavy atom. The van der Waals surface area contributed by atoms with Crippen LogP contribution in [0.25, 0.3) is 0 Å². The minimum atomic E-state index is -0.635. The number of hydrogen-bond donors (Lipinski definition) is 1. The molecule has 7 heteroatoms. The molecule has 0 saturated carbocycles. The number of nitro benzene ring substituents is 1. The summed E-state index contributed by atoms with van der Waals surface area (Å²) in [5.41, 5.74) is 2.09. The van der Waals surface area contributed by atoms with Crippen molar-refractivity contribution in [3.8, 4) is 11.8 Å². The van der Waals surface area contributed by atoms with Crippen molar-refractivity contribution >= 4 is 28.2 Å². The van der Waals surface area contributed by atoms with Gasteiger partial charge in [0, 0.05) is 17.2 Å². The number of benzene rings is 1. The molecule has 0 unspecified atom stereocenters. The zero-order chi connectivity index (χ0) is 19.8. The van der Waals surface area contributed by atoms with E-state index in [1.54, 1.807) is 6.07 Å². The Hall–Kier alpha value is -2.72. The van der Waals surface area contributed by atoms with Crippen LogP contribution in [0.1, 0.15) is 48.8 Å². The molecule has 0 fully saturated rings. The average molecular weight is 383 g/mol. The fraction of sp³-hybridized carbons (Fsp3) is 0.400. The van der Waals surface area contributed by atoms with Crippen molar-refractivity contribution < 1.29 is 10.0 Å². The number of phenolic OH excluding ortho intramolecular Hbond substituents is 1. The number of thiophene rings is 1. The summed E-state index contributed by atoms with van der Waals surface area (Å²) in [6, 6.07) is 6.39. The van der Waals surface area contributed by atoms with Crippen molar-refractivity contribution in [3.63, 3.8) is 0 Å². The summed E-state index contributed by atoms with van der Waals surface area (Å²) in [6.45, 7) is 6.74. The molecule has 0 saturated heterocycles. The standard InChI is InChI=1S/C20H21N3O3S/c1-20(2,3)13-5-6-14-15(10-21)19(27-18(14)9-13)22-11-12-4-7-17(24)16(8-12)23(25)26/h4,7-8,11,13,24H,5-6,9H2,1-3H3/t13-/m0/s1. The van der Waals surface area contributed by atoms with Gasteiger partial charge in [-0.2, -0.15) is 5.26 Å². The van der Waals surface area contributed by atoms with Crippen LogP contribution in [-0.4, -0.2) is 16.2 Å². The van der Waals surface area contributed by atoms with Gasteiger partial charge in [-0.05, 0) is 53.9 Å². The van der Waals surface area contributed by atoms with Crippen molar-refractivity contribution in [2.24, 2.45) is 16.3 Å². The van der Waals surface area contributed by atoms with E-state index in [1.165, 1.54) is 34.6 Å². The number of nitro groups is 1. The molecule has 1 N–H and O–H groups in total. The normalized spacial score (nSPS) is 16.9. The summed E-state index contributed by atoms with van der Waals surface area (Å²) in [6.07, 6.45) is 4.41. The van der Waals surface area contributed by atoms with E-state index >= 15 is 0 Å². The van der Waals surface area contributed by atoms with E-state index in [4.69, 9.17) is 0 Å². The van der Waals surface area contributed by atoms with E-state index in [9.17, 15) is 20.5 Å². The van der Waals surface area contributed by atoms with Gasteiger partial charge >= 0.3 is 5.69 Å². The smallest absolute Gasteiger partial charge is 0.311 e. The second-order valence-corrected chi connectivity index (χ2v) is 8.95. The van der Waals surface area contributed by atoms with E-state index in [0.717, 1.165) is 24.8 Å². The maximum atomic E-state index is 11.0. The largest absolute Gasteiger partial charge is 0.502 e. The molecule has 1 heterocycles. The first-order valence-corrected chi connectivity index (χ1v) is 9.58. The molecule has 1 aromatic heterocycles. The molecule has 1 aliphatic rings. The van der Waals surface area contributed by atoms with Crippen LogP contribution in [-0.2, 0) is 12.8 Å². The van der Waals surface area contributed by atoms with Gasteiger partial charge in [0.2, 0.25) is 0 Å². The minimum Gasteiger partial charge on any atom is -0.502 e. The lowest BCUT2D eigenvalue weighted by Gasteiger charge is -2.33. The number of nitrogens with zero attached hydrogens (tertiary/aromatic N) is 3. The predicted octanol–water partition coefficient (Wildman–Crippen LogP) is 5.14. The van der Waals surface area contributed by atoms with Gasteiger partial charge in [-0.25, -0.2) is 4.99 Å². The third-order valence-corrected chi connectivity index (χ3v) is 6.27. The number of rotatable bonds is 3. The third kappa shape index (κ3) is 3.86. The second-order valence-electron chi connectivity index (χ2n) is 7.86. The van der Waals surface area contributed by atoms with Crippen molar-refractivity contribution in [1.82, 2.24) is 0 Å². The molecule has 1 atom stereocenters. The lowest BCUT2D eigenvalue weighted by atomic mass is 9.72. The maximum absolute atomic E-state index is 11.0. The summed E-state index contributed by atoms with van der Waals surface area (Å²) in [5.74, 6) is 0.196. The molecule has 140 valence electrons. The highest BCUT2D eigenvalue weighted by molar-refractivity contribution is 7.16. The van der Waals surface area contributed by atoms with Gasteiger partial charge in [-0.1, -0.05) is 20.8 Å². The molecule has 2 aromatic rings. The molecule has 27 heavy (non-hydrogen) atoms. The molecule has 6 nitrogen and oxygen atoms in total. The summed E-state index contributed by atoms with van der Waals surface area (Å²) in [5, 5.41) is 30.7. The average Bonchev–Trinajstić information content (AvgIpc) is 2.96. The monoisotopic (exact) mass is 383 g/mol. The zero-order valence-corrected chi connectivity index (χ0v) is 16.3. The van der Waals surface area contributed by atoms with Gasteiger partial charge in [0.1, 0.15) is 11.1 Å². The summed E-state index contributed by atoms with van der Waals surface area (Å²) in [7, 11) is 0. The first-order chi connectivity index (χ1) is 12.7. The van der Waals surface area contributed by atoms with Gasteiger partial charge in [-0.3, -0.25) is 10.1 Å². The Kier molecular flexibility index (Phi) is 5.03. The molecule has 1 aromatic carbocycles. The van der Waals surface area contributed by atoms with Crippen molar-refractivity contribution in [3.05, 3.63) is 49.9 Å². The van der Waals surface area contributed by atoms with Crippen LogP contribution in [0.4, 0.5) is 10.7 Å². The van der Waals surface area contributed by atoms with E-state index in [2.05, 4.69) is 31.8 Å². The fourth-order valence-corrected chi connectivity index (χ4v) is 4.64. The van der Waals surface area contributed by atoms with Gasteiger partial charge in [0.15, 0.2) is 5.75 Å². The number of aliphatic imine (C=N–C) groups is 1. The highest BCUT2D eigenvalue weighted by atomic mass is 32.1. The van der Waals surface area contributed by atoms with Crippen LogP contribution in [0, 0.1) is 32.8 Å². The highest BCUT2D eigenvalue weighted by Gasteiger charge is 2.32. The Bertz CT molecular complexity index is 964. The van der Waals surface area contributed by atoms with Crippen LogP contribution < -0.4 is 0 Å². The van der Waals surface area contributed by atoms with Gasteiger partial charge in [-0.15, -0.1) is 11.3 Å². The molecule has 3 rings (SSSR count). The van der Waals surface area contributed by atoms with Crippen LogP contribution >= 0.6 is 11.3 Å². The molecule has 1 aliphatic carbocycles. The topological polar surface area (TPSA) is 99.5 Å². The zero-order valence-electron chi connectivity index (χ0n) is 15.5. The first-order valence-electron chi connectivity index (χ1n) is 8.77. The van der Waals surface area contributed by atoms with Crippen molar-refractivity contribution in [2.45, 2.75) is 40.0 Å². The van der Waals surface area contributed by atoms with Crippen LogP contribution in [0.15, 0.2) is 23.2 Å². The molecule has 0 bridgehead atoms. The van der Waals surface area contributed by atoms with Crippen LogP contribution in [0.3, 0.4) is 0 Å². The Labute approximate surface area is 162 Å². The third-order valence-electron chi connectivity index (χ3n) is 5.11. The summed E-state index contributed by atoms with van der Waals surface area (Å²) < 4.78 is 0. The Balaban J connectivity index is 1.92. The SMILES string of the molecule is CC(C)(C)[C@H]1CCc2c(sc(N=Cc3ccc(O)c([N+](=O)[O-])c3)c2C#N)C1. The maximum Gasteiger partial charge on any atom is 0.311 e. The minimum absolute atomic E-state index is 0.225. The second kappa shape index (κ2) is 7.12. The van der Waals surface area contributed by atoms with Gasteiger partial charge in [0.05, 0.1) is 10.5 Å². The Morgan fingerprint density at radius 3 is 2.81 bits per heavy atom. The molecule has 0 spiro atoms. The summed E-state index contributed by atoms with van der Waals surface area (Å²) in [4.78, 5) is 16.0.